The number of hydrogen-bond donors (Lipinski definition) is 29. The topological polar surface area (TPSA) is 756 Å². The molecular formula is C48H84NO44P. The summed E-state index contributed by atoms with van der Waals surface area (Å²) in [5.74, 6) is -5.84. The molecule has 0 aromatic rings. The van der Waals surface area contributed by atoms with Gasteiger partial charge in [-0.25, -0.2) is 9.36 Å². The summed E-state index contributed by atoms with van der Waals surface area (Å²) in [6.45, 7) is -8.65. The summed E-state index contributed by atoms with van der Waals surface area (Å²) in [4.78, 5) is 32.2. The summed E-state index contributed by atoms with van der Waals surface area (Å²) in [7, 11) is -5.91. The van der Waals surface area contributed by atoms with Gasteiger partial charge in [-0.3, -0.25) is 4.52 Å². The van der Waals surface area contributed by atoms with Crippen LogP contribution in [0.3, 0.4) is 0 Å². The zero-order valence-corrected chi connectivity index (χ0v) is 49.6. The van der Waals surface area contributed by atoms with Crippen LogP contribution in [0.5, 0.6) is 0 Å². The predicted octanol–water partition coefficient (Wildman–Crippen LogP) is -18.9. The number of rotatable bonds is 27. The van der Waals surface area contributed by atoms with Crippen molar-refractivity contribution in [3.05, 3.63) is 0 Å². The molecule has 94 heavy (non-hydrogen) atoms. The first-order chi connectivity index (χ1) is 44.0. The van der Waals surface area contributed by atoms with Crippen LogP contribution < -0.4 is 5.73 Å². The van der Waals surface area contributed by atoms with Crippen LogP contribution in [0, 0.1) is 0 Å². The van der Waals surface area contributed by atoms with Crippen molar-refractivity contribution < 1.29 is 218 Å². The van der Waals surface area contributed by atoms with Crippen molar-refractivity contribution >= 4 is 13.8 Å². The second-order valence-corrected chi connectivity index (χ2v) is 24.4. The molecule has 0 unspecified atom stereocenters. The molecule has 7 fully saturated rings. The molecule has 0 spiro atoms. The molecule has 7 heterocycles. The minimum atomic E-state index is -5.91. The van der Waals surface area contributed by atoms with Gasteiger partial charge in [0.15, 0.2) is 37.7 Å². The molecule has 39 atom stereocenters. The van der Waals surface area contributed by atoms with Gasteiger partial charge in [-0.2, -0.15) is 0 Å². The van der Waals surface area contributed by atoms with Gasteiger partial charge >= 0.3 is 13.8 Å². The van der Waals surface area contributed by atoms with Gasteiger partial charge < -0.3 is 210 Å². The normalized spacial score (nSPS) is 48.3. The van der Waals surface area contributed by atoms with Gasteiger partial charge in [0.05, 0.1) is 52.3 Å². The van der Waals surface area contributed by atoms with Crippen LogP contribution in [-0.2, 0) is 75.5 Å². The summed E-state index contributed by atoms with van der Waals surface area (Å²) in [6, 6.07) is -1.59. The highest BCUT2D eigenvalue weighted by atomic mass is 31.2. The minimum absolute atomic E-state index is 0.899. The molecule has 0 aromatic carbocycles. The molecule has 0 amide bonds. The van der Waals surface area contributed by atoms with E-state index in [9.17, 15) is 152 Å². The third-order valence-electron chi connectivity index (χ3n) is 16.8. The Morgan fingerprint density at radius 3 is 1.39 bits per heavy atom. The van der Waals surface area contributed by atoms with E-state index in [4.69, 9.17) is 71.8 Å². The van der Waals surface area contributed by atoms with Gasteiger partial charge in [0.25, 0.3) is 5.79 Å². The third-order valence-corrected chi connectivity index (χ3v) is 17.3. The number of ether oxygens (including phenoxy) is 13. The zero-order chi connectivity index (χ0) is 70.1. The van der Waals surface area contributed by atoms with E-state index >= 15 is 0 Å². The maximum absolute atomic E-state index is 12.7. The lowest BCUT2D eigenvalue weighted by molar-refractivity contribution is -0.419. The van der Waals surface area contributed by atoms with Gasteiger partial charge in [-0.1, -0.05) is 0 Å². The maximum atomic E-state index is 12.7. The summed E-state index contributed by atoms with van der Waals surface area (Å²) >= 11 is 0. The lowest BCUT2D eigenvalue weighted by atomic mass is 9.91. The number of carboxylic acid groups (broad SMARTS) is 1. The Morgan fingerprint density at radius 2 is 0.872 bits per heavy atom. The Balaban J connectivity index is 1.35. The smallest absolute Gasteiger partial charge is 0.469 e. The number of nitrogens with two attached hydrogens (primary N) is 1. The summed E-state index contributed by atoms with van der Waals surface area (Å²) < 4.78 is 91.8. The van der Waals surface area contributed by atoms with Crippen LogP contribution in [0.15, 0.2) is 0 Å². The van der Waals surface area contributed by atoms with E-state index in [1.54, 1.807) is 0 Å². The van der Waals surface area contributed by atoms with Crippen LogP contribution >= 0.6 is 7.82 Å². The summed E-state index contributed by atoms with van der Waals surface area (Å²) in [6.07, 6.45) is -89.1. The lowest BCUT2D eigenvalue weighted by Crippen LogP contribution is -2.71. The molecule has 30 N–H and O–H groups in total. The first-order valence-electron chi connectivity index (χ1n) is 28.9. The summed E-state index contributed by atoms with van der Waals surface area (Å²) in [5.41, 5.74) is 5.94. The molecule has 550 valence electrons. The monoisotopic (exact) mass is 1410 g/mol. The first-order valence-corrected chi connectivity index (χ1v) is 30.4. The van der Waals surface area contributed by atoms with Crippen molar-refractivity contribution in [2.45, 2.75) is 245 Å². The molecule has 7 rings (SSSR count). The van der Waals surface area contributed by atoms with Crippen LogP contribution in [-0.4, -0.2) is 434 Å². The number of aliphatic hydroxyl groups excluding tert-OH is 24. The molecule has 0 aliphatic carbocycles. The van der Waals surface area contributed by atoms with E-state index in [-0.39, 0.29) is 0 Å². The van der Waals surface area contributed by atoms with Crippen molar-refractivity contribution in [2.75, 3.05) is 46.2 Å². The number of hydrogen-bond acceptors (Lipinski definition) is 42. The van der Waals surface area contributed by atoms with Crippen molar-refractivity contribution in [2.24, 2.45) is 5.73 Å². The average molecular weight is 1410 g/mol. The number of aliphatic carboxylic acids is 1. The van der Waals surface area contributed by atoms with Gasteiger partial charge in [0.2, 0.25) is 0 Å². The van der Waals surface area contributed by atoms with E-state index in [1.165, 1.54) is 0 Å². The predicted molar refractivity (Wildman–Crippen MR) is 280 cm³/mol. The number of phosphoric acid groups is 1. The Hall–Kier alpha value is -1.98. The third kappa shape index (κ3) is 17.1. The number of carboxylic acids is 1. The Bertz CT molecular complexity index is 2400. The van der Waals surface area contributed by atoms with Gasteiger partial charge in [-0.15, -0.1) is 0 Å². The maximum Gasteiger partial charge on any atom is 0.469 e. The highest BCUT2D eigenvalue weighted by molar-refractivity contribution is 7.46. The van der Waals surface area contributed by atoms with Crippen molar-refractivity contribution in [3.63, 3.8) is 0 Å². The van der Waals surface area contributed by atoms with E-state index in [2.05, 4.69) is 0 Å². The molecule has 46 heteroatoms. The van der Waals surface area contributed by atoms with Gasteiger partial charge in [-0.05, 0) is 0 Å². The van der Waals surface area contributed by atoms with Crippen LogP contribution in [0.25, 0.3) is 0 Å². The van der Waals surface area contributed by atoms with E-state index in [1.807, 2.05) is 0 Å². The molecule has 7 saturated heterocycles. The first kappa shape index (κ1) is 79.3. The van der Waals surface area contributed by atoms with Crippen molar-refractivity contribution in [1.82, 2.24) is 0 Å². The standard InChI is InChI=1S/C48H84NO44P/c49-17-20(62)18(60)14(5-53)81-41(17)80-8-12(59)34-25(67)23(65)30(72)44(85-34)89-38-31(73)45(87-37(40(38)91-42-28(70)21(63)19(61)15(6-54)82-42)16(7-55)83-43-29(71)22(64)24(66)32(84-43)9(56)2-50)90-39-27(69)26(68)33(10(57)3-51)86-46(39)88-36-13(93-94(77,78)79)1-48(76,47(74)75)92-35(36)11(58)4-52/h9-46,50-73,76H,1-8,49H2,(H,74,75)(H2,77,78,79)/t9-,10-,11+,12-,13+,14+,15+,16-,17+,18+,19+,20+,21-,22-,23-,24-,25-,26-,27-,28+,29-,30-,31-,32+,33+,34+,35+,36+,37+,38+,39-,40+,41-,42-,43-,44+,45+,46+,48+/m0/s1. The molecule has 45 nitrogen and oxygen atoms in total. The van der Waals surface area contributed by atoms with Crippen LogP contribution in [0.1, 0.15) is 6.42 Å². The van der Waals surface area contributed by atoms with Crippen molar-refractivity contribution in [1.29, 1.82) is 0 Å². The summed E-state index contributed by atoms with van der Waals surface area (Å²) in [5, 5.41) is 282. The Kier molecular flexibility index (Phi) is 28.0. The second kappa shape index (κ2) is 33.2. The zero-order valence-electron chi connectivity index (χ0n) is 48.7. The minimum Gasteiger partial charge on any atom is -0.477 e. The van der Waals surface area contributed by atoms with Crippen molar-refractivity contribution in [3.8, 4) is 0 Å². The molecule has 0 bridgehead atoms. The number of carbonyl (C=O) groups is 1. The molecule has 0 saturated carbocycles. The molecule has 7 aliphatic heterocycles. The average Bonchev–Trinajstić information content (AvgIpc) is 0.761. The molecule has 0 radical (unpaired) electrons. The Labute approximate surface area is 528 Å². The second-order valence-electron chi connectivity index (χ2n) is 23.2. The largest absolute Gasteiger partial charge is 0.477 e. The van der Waals surface area contributed by atoms with E-state index < -0.39 is 305 Å². The van der Waals surface area contributed by atoms with Crippen LogP contribution in [0.2, 0.25) is 0 Å². The SMILES string of the molecule is N[C@H]1[C@@H](OC[C@H](O)[C@H]2O[C@H](O[C@@H]3[C@H](O)[C@@H](O[C@@H]4[C@@H](O[C@H]5[C@@H]([C@H](O)CO)O[C@@](O)(C(=O)O)C[C@H]5OP(=O)(O)O)O[C@H]([C@@H](O)CO)[C@@H](O)[C@@H]4O)O[C@H]([C@H](CO)O[C@H]4O[C@H]([C@@H](O)CO)[C@@H](O)[C@H](O)[C@@H]4O)[C@H]3O[C@@H]3O[C@H](CO)[C@@H](O)[C@H](O)[C@H]3O)[C@@H](O)[C@@H](O)[C@@H]2O)O[C@H](CO)[C@@H](O)[C@@H]1O. The van der Waals surface area contributed by atoms with E-state index in [0.717, 1.165) is 0 Å². The fraction of sp³-hybridized carbons (Fsp3) is 0.979. The fourth-order valence-corrected chi connectivity index (χ4v) is 12.0. The van der Waals surface area contributed by atoms with E-state index in [0.29, 0.717) is 0 Å². The molecule has 7 aliphatic rings. The van der Waals surface area contributed by atoms with Gasteiger partial charge in [0.1, 0.15) is 189 Å². The highest BCUT2D eigenvalue weighted by Crippen LogP contribution is 2.46. The Morgan fingerprint density at radius 1 is 0.457 bits per heavy atom. The lowest BCUT2D eigenvalue weighted by Gasteiger charge is -2.52. The van der Waals surface area contributed by atoms with Gasteiger partial charge in [0, 0.05) is 6.42 Å². The fourth-order valence-electron chi connectivity index (χ4n) is 11.5. The molecular weight excluding hydrogens is 1330 g/mol. The van der Waals surface area contributed by atoms with Crippen LogP contribution in [0.4, 0.5) is 0 Å². The highest BCUT2D eigenvalue weighted by Gasteiger charge is 2.62. The number of aliphatic hydroxyl groups is 25. The number of phosphoric ester groups is 1. The quantitative estimate of drug-likeness (QED) is 0.0340. The molecule has 0 aromatic heterocycles.